The van der Waals surface area contributed by atoms with Crippen LogP contribution < -0.4 is 0 Å². The van der Waals surface area contributed by atoms with Gasteiger partial charge in [0.2, 0.25) is 0 Å². The number of aliphatic hydroxyl groups is 7. The molecule has 0 aromatic carbocycles. The minimum absolute atomic E-state index is 0.349. The van der Waals surface area contributed by atoms with Crippen LogP contribution in [0.5, 0.6) is 0 Å². The highest BCUT2D eigenvalue weighted by Gasteiger charge is 2.62. The van der Waals surface area contributed by atoms with Gasteiger partial charge in [0.05, 0.1) is 30.0 Å². The maximum absolute atomic E-state index is 11.3. The van der Waals surface area contributed by atoms with Crippen molar-refractivity contribution in [2.45, 2.75) is 107 Å². The van der Waals surface area contributed by atoms with Crippen LogP contribution in [0.15, 0.2) is 0 Å². The van der Waals surface area contributed by atoms with Gasteiger partial charge in [-0.25, -0.2) is 0 Å². The molecule has 1 heterocycles. The zero-order chi connectivity index (χ0) is 22.6. The summed E-state index contributed by atoms with van der Waals surface area (Å²) < 4.78 is 11.7. The molecule has 30 heavy (non-hydrogen) atoms. The summed E-state index contributed by atoms with van der Waals surface area (Å²) in [5.41, 5.74) is -3.06. The van der Waals surface area contributed by atoms with Crippen molar-refractivity contribution in [3.63, 3.8) is 0 Å². The Morgan fingerprint density at radius 3 is 2.20 bits per heavy atom. The molecule has 3 rings (SSSR count). The molecule has 11 atom stereocenters. The molecule has 0 amide bonds. The number of rotatable bonds is 4. The van der Waals surface area contributed by atoms with E-state index in [-0.39, 0.29) is 0 Å². The maximum Gasteiger partial charge on any atom is 0.186 e. The van der Waals surface area contributed by atoms with Crippen molar-refractivity contribution >= 4 is 0 Å². The first-order valence-corrected chi connectivity index (χ1v) is 10.8. The van der Waals surface area contributed by atoms with Crippen molar-refractivity contribution < 1.29 is 45.2 Å². The van der Waals surface area contributed by atoms with E-state index >= 15 is 0 Å². The van der Waals surface area contributed by atoms with E-state index in [0.717, 1.165) is 0 Å². The van der Waals surface area contributed by atoms with Crippen LogP contribution in [0.4, 0.5) is 0 Å². The fourth-order valence-electron chi connectivity index (χ4n) is 6.01. The van der Waals surface area contributed by atoms with Gasteiger partial charge < -0.3 is 45.2 Å². The molecule has 2 aliphatic carbocycles. The zero-order valence-electron chi connectivity index (χ0n) is 18.2. The van der Waals surface area contributed by atoms with Gasteiger partial charge >= 0.3 is 0 Å². The Hall–Kier alpha value is -0.360. The fourth-order valence-corrected chi connectivity index (χ4v) is 6.01. The van der Waals surface area contributed by atoms with E-state index in [1.54, 1.807) is 20.8 Å². The number of hydrogen-bond acceptors (Lipinski definition) is 9. The molecule has 176 valence electrons. The molecule has 1 saturated heterocycles. The van der Waals surface area contributed by atoms with Gasteiger partial charge in [0.15, 0.2) is 6.29 Å². The third kappa shape index (κ3) is 4.04. The van der Waals surface area contributed by atoms with Crippen molar-refractivity contribution in [2.24, 2.45) is 17.3 Å². The van der Waals surface area contributed by atoms with E-state index in [2.05, 4.69) is 0 Å². The standard InChI is InChI=1S/C21H38O9/c1-19(2,27)10-5-7-20(3)12(23)6-8-21(4,28)17(20)16(10)30-18-15(26)14(25)13(24)11(9-22)29-18/h10-18,22-28H,5-9H2,1-4H3/t10-,11+,12+,13-,14+,15+,16-,17+,18+,20-,21-/m1/s1. The summed E-state index contributed by atoms with van der Waals surface area (Å²) in [6.07, 6.45) is -6.77. The average molecular weight is 435 g/mol. The average Bonchev–Trinajstić information content (AvgIpc) is 2.64. The van der Waals surface area contributed by atoms with Crippen molar-refractivity contribution in [1.29, 1.82) is 0 Å². The molecule has 0 aromatic rings. The quantitative estimate of drug-likeness (QED) is 0.291. The highest BCUT2D eigenvalue weighted by Crippen LogP contribution is 2.58. The Morgan fingerprint density at radius 1 is 1.00 bits per heavy atom. The van der Waals surface area contributed by atoms with Crippen LogP contribution in [0.1, 0.15) is 53.4 Å². The van der Waals surface area contributed by atoms with Gasteiger partial charge in [0, 0.05) is 17.3 Å². The van der Waals surface area contributed by atoms with Crippen LogP contribution in [-0.4, -0.2) is 96.5 Å². The van der Waals surface area contributed by atoms with E-state index in [0.29, 0.717) is 25.7 Å². The first kappa shape index (κ1) is 24.3. The Morgan fingerprint density at radius 2 is 1.63 bits per heavy atom. The fraction of sp³-hybridized carbons (Fsp3) is 1.00. The van der Waals surface area contributed by atoms with Crippen LogP contribution in [0, 0.1) is 17.3 Å². The second-order valence-electron chi connectivity index (χ2n) is 10.5. The molecule has 0 spiro atoms. The molecule has 0 radical (unpaired) electrons. The number of aliphatic hydroxyl groups excluding tert-OH is 5. The number of ether oxygens (including phenoxy) is 2. The second-order valence-corrected chi connectivity index (χ2v) is 10.5. The number of fused-ring (bicyclic) bond motifs is 1. The van der Waals surface area contributed by atoms with Gasteiger partial charge in [-0.3, -0.25) is 0 Å². The number of hydrogen-bond donors (Lipinski definition) is 7. The largest absolute Gasteiger partial charge is 0.394 e. The van der Waals surface area contributed by atoms with Crippen LogP contribution in [-0.2, 0) is 9.47 Å². The minimum atomic E-state index is -1.59. The molecule has 0 aromatic heterocycles. The summed E-state index contributed by atoms with van der Waals surface area (Å²) in [6, 6.07) is 0. The summed E-state index contributed by atoms with van der Waals surface area (Å²) in [4.78, 5) is 0. The molecule has 0 bridgehead atoms. The molecule has 3 aliphatic rings. The zero-order valence-corrected chi connectivity index (χ0v) is 18.2. The topological polar surface area (TPSA) is 160 Å². The third-order valence-corrected chi connectivity index (χ3v) is 7.83. The van der Waals surface area contributed by atoms with Crippen LogP contribution in [0.2, 0.25) is 0 Å². The lowest BCUT2D eigenvalue weighted by molar-refractivity contribution is -0.342. The predicted octanol–water partition coefficient (Wildman–Crippen LogP) is -1.12. The molecule has 7 N–H and O–H groups in total. The van der Waals surface area contributed by atoms with Gasteiger partial charge in [-0.05, 0) is 46.5 Å². The lowest BCUT2D eigenvalue weighted by Gasteiger charge is -2.61. The molecular formula is C21H38O9. The van der Waals surface area contributed by atoms with Gasteiger partial charge in [-0.15, -0.1) is 0 Å². The molecule has 1 aliphatic heterocycles. The van der Waals surface area contributed by atoms with Gasteiger partial charge in [0.25, 0.3) is 0 Å². The molecule has 9 heteroatoms. The van der Waals surface area contributed by atoms with Crippen molar-refractivity contribution in [3.8, 4) is 0 Å². The Labute approximate surface area is 177 Å². The van der Waals surface area contributed by atoms with Crippen molar-refractivity contribution in [1.82, 2.24) is 0 Å². The SMILES string of the molecule is CC(C)(O)[C@@H]1CC[C@]2(C)[C@@H](O)CC[C@@](C)(O)[C@H]2[C@@H]1O[C@@H]1O[C@@H](CO)[C@@H](O)[C@H](O)[C@@H]1O. The molecule has 9 nitrogen and oxygen atoms in total. The minimum Gasteiger partial charge on any atom is -0.394 e. The normalized spacial score (nSPS) is 52.7. The molecule has 0 unspecified atom stereocenters. The summed E-state index contributed by atoms with van der Waals surface area (Å²) in [5.74, 6) is -1.02. The summed E-state index contributed by atoms with van der Waals surface area (Å²) in [6.45, 7) is 6.32. The highest BCUT2D eigenvalue weighted by atomic mass is 16.7. The highest BCUT2D eigenvalue weighted by molar-refractivity contribution is 5.11. The molecular weight excluding hydrogens is 396 g/mol. The van der Waals surface area contributed by atoms with Crippen LogP contribution in [0.3, 0.4) is 0 Å². The Bertz CT molecular complexity index is 604. The van der Waals surface area contributed by atoms with Gasteiger partial charge in [-0.1, -0.05) is 6.92 Å². The lowest BCUT2D eigenvalue weighted by atomic mass is 9.50. The first-order valence-electron chi connectivity index (χ1n) is 10.8. The lowest BCUT2D eigenvalue weighted by Crippen LogP contribution is -2.67. The summed E-state index contributed by atoms with van der Waals surface area (Å²) in [5, 5.41) is 73.1. The van der Waals surface area contributed by atoms with Crippen molar-refractivity contribution in [3.05, 3.63) is 0 Å². The second kappa shape index (κ2) is 8.20. The van der Waals surface area contributed by atoms with E-state index in [1.165, 1.54) is 0 Å². The van der Waals surface area contributed by atoms with Gasteiger partial charge in [0.1, 0.15) is 24.4 Å². The summed E-state index contributed by atoms with van der Waals surface area (Å²) in [7, 11) is 0. The monoisotopic (exact) mass is 434 g/mol. The van der Waals surface area contributed by atoms with E-state index < -0.39 is 78.0 Å². The van der Waals surface area contributed by atoms with E-state index in [1.807, 2.05) is 6.92 Å². The Balaban J connectivity index is 1.98. The third-order valence-electron chi connectivity index (χ3n) is 7.83. The van der Waals surface area contributed by atoms with E-state index in [4.69, 9.17) is 9.47 Å². The van der Waals surface area contributed by atoms with Crippen molar-refractivity contribution in [2.75, 3.05) is 6.61 Å². The van der Waals surface area contributed by atoms with Crippen LogP contribution >= 0.6 is 0 Å². The molecule has 2 saturated carbocycles. The Kier molecular flexibility index (Phi) is 6.64. The smallest absolute Gasteiger partial charge is 0.186 e. The summed E-state index contributed by atoms with van der Waals surface area (Å²) >= 11 is 0. The molecule has 3 fully saturated rings. The van der Waals surface area contributed by atoms with E-state index in [9.17, 15) is 35.7 Å². The predicted molar refractivity (Wildman–Crippen MR) is 105 cm³/mol. The van der Waals surface area contributed by atoms with Gasteiger partial charge in [-0.2, -0.15) is 0 Å². The first-order chi connectivity index (χ1) is 13.7. The van der Waals surface area contributed by atoms with Crippen LogP contribution in [0.25, 0.3) is 0 Å². The maximum atomic E-state index is 11.3.